The molecule has 0 aliphatic carbocycles. The average molecular weight is 321 g/mol. The van der Waals surface area contributed by atoms with E-state index >= 15 is 0 Å². The van der Waals surface area contributed by atoms with Gasteiger partial charge in [0.25, 0.3) is 5.78 Å². The van der Waals surface area contributed by atoms with Crippen LogP contribution in [-0.4, -0.2) is 42.6 Å². The van der Waals surface area contributed by atoms with Crippen molar-refractivity contribution in [3.8, 4) is 0 Å². The molecule has 122 valence electrons. The van der Waals surface area contributed by atoms with Gasteiger partial charge in [-0.1, -0.05) is 0 Å². The Hall–Kier alpha value is -2.83. The normalized spacial score (nSPS) is 15.0. The summed E-state index contributed by atoms with van der Waals surface area (Å²) in [5.74, 6) is 2.17. The van der Waals surface area contributed by atoms with Gasteiger partial charge in [0.05, 0.1) is 18.1 Å². The minimum absolute atomic E-state index is 0.615. The smallest absolute Gasteiger partial charge is 0.253 e. The van der Waals surface area contributed by atoms with Crippen LogP contribution in [0, 0.1) is 13.8 Å². The first-order valence-corrected chi connectivity index (χ1v) is 8.15. The third kappa shape index (κ3) is 2.84. The highest BCUT2D eigenvalue weighted by Crippen LogP contribution is 2.17. The minimum Gasteiger partial charge on any atom is -0.355 e. The summed E-state index contributed by atoms with van der Waals surface area (Å²) < 4.78 is 1.75. The van der Waals surface area contributed by atoms with Gasteiger partial charge in [-0.05, 0) is 44.9 Å². The van der Waals surface area contributed by atoms with Crippen LogP contribution in [0.5, 0.6) is 0 Å². The molecule has 3 aromatic heterocycles. The van der Waals surface area contributed by atoms with E-state index in [-0.39, 0.29) is 0 Å². The maximum atomic E-state index is 4.65. The van der Waals surface area contributed by atoms with Crippen molar-refractivity contribution in [1.29, 1.82) is 0 Å². The van der Waals surface area contributed by atoms with Crippen molar-refractivity contribution in [1.82, 2.24) is 29.5 Å². The van der Waals surface area contributed by atoms with Crippen molar-refractivity contribution in [2.75, 3.05) is 18.0 Å². The summed E-state index contributed by atoms with van der Waals surface area (Å²) in [7, 11) is 0. The van der Waals surface area contributed by atoms with E-state index in [0.29, 0.717) is 11.6 Å². The van der Waals surface area contributed by atoms with Crippen LogP contribution in [0.4, 0.5) is 5.82 Å². The maximum absolute atomic E-state index is 4.65. The van der Waals surface area contributed by atoms with Gasteiger partial charge in [-0.2, -0.15) is 4.98 Å². The van der Waals surface area contributed by atoms with E-state index in [4.69, 9.17) is 0 Å². The van der Waals surface area contributed by atoms with Crippen LogP contribution < -0.4 is 4.90 Å². The fraction of sp³-hybridized carbons (Fsp3) is 0.353. The molecule has 1 aliphatic rings. The lowest BCUT2D eigenvalue weighted by molar-refractivity contribution is 0.881. The van der Waals surface area contributed by atoms with Gasteiger partial charge in [0.2, 0.25) is 0 Å². The third-order valence-electron chi connectivity index (χ3n) is 4.11. The monoisotopic (exact) mass is 321 g/mol. The van der Waals surface area contributed by atoms with E-state index in [2.05, 4.69) is 29.9 Å². The first-order chi connectivity index (χ1) is 11.7. The first-order valence-electron chi connectivity index (χ1n) is 8.15. The van der Waals surface area contributed by atoms with Crippen LogP contribution in [0.1, 0.15) is 35.7 Å². The molecule has 7 heteroatoms. The lowest BCUT2D eigenvalue weighted by Gasteiger charge is -2.15. The third-order valence-corrected chi connectivity index (χ3v) is 4.11. The molecule has 1 saturated heterocycles. The standard InChI is InChI=1S/C17H19N7/c1-12-9-13(2)24-17(19-12)21-15(22-24)6-5-14-10-18-11-16(20-14)23-7-3-4-8-23/h5-6,9-11H,3-4,7-8H2,1-2H3/b6-5+. The second-order valence-electron chi connectivity index (χ2n) is 6.05. The van der Waals surface area contributed by atoms with Crippen molar-refractivity contribution in [2.24, 2.45) is 0 Å². The molecule has 7 nitrogen and oxygen atoms in total. The van der Waals surface area contributed by atoms with Gasteiger partial charge < -0.3 is 4.90 Å². The molecule has 0 spiro atoms. The zero-order valence-electron chi connectivity index (χ0n) is 13.8. The summed E-state index contributed by atoms with van der Waals surface area (Å²) in [5, 5.41) is 4.47. The summed E-state index contributed by atoms with van der Waals surface area (Å²) >= 11 is 0. The van der Waals surface area contributed by atoms with E-state index in [9.17, 15) is 0 Å². The molecule has 1 aliphatic heterocycles. The molecule has 0 bridgehead atoms. The minimum atomic E-state index is 0.615. The van der Waals surface area contributed by atoms with Gasteiger partial charge in [0.1, 0.15) is 5.82 Å². The summed E-state index contributed by atoms with van der Waals surface area (Å²) in [6.07, 6.45) is 9.75. The molecular weight excluding hydrogens is 302 g/mol. The molecule has 0 saturated carbocycles. The summed E-state index contributed by atoms with van der Waals surface area (Å²) in [6.45, 7) is 6.06. The van der Waals surface area contributed by atoms with Crippen molar-refractivity contribution in [3.05, 3.63) is 41.4 Å². The van der Waals surface area contributed by atoms with E-state index in [1.54, 1.807) is 10.7 Å². The van der Waals surface area contributed by atoms with Gasteiger partial charge in [-0.25, -0.2) is 14.5 Å². The van der Waals surface area contributed by atoms with Gasteiger partial charge >= 0.3 is 0 Å². The molecule has 0 N–H and O–H groups in total. The van der Waals surface area contributed by atoms with Crippen molar-refractivity contribution in [3.63, 3.8) is 0 Å². The summed E-state index contributed by atoms with van der Waals surface area (Å²) in [6, 6.07) is 1.99. The molecule has 4 rings (SSSR count). The Balaban J connectivity index is 1.61. The number of hydrogen-bond acceptors (Lipinski definition) is 6. The van der Waals surface area contributed by atoms with Gasteiger partial charge in [0, 0.05) is 24.5 Å². The predicted molar refractivity (Wildman–Crippen MR) is 92.7 cm³/mol. The number of aryl methyl sites for hydroxylation is 2. The highest BCUT2D eigenvalue weighted by molar-refractivity contribution is 5.65. The van der Waals surface area contributed by atoms with Gasteiger partial charge in [-0.3, -0.25) is 4.98 Å². The number of fused-ring (bicyclic) bond motifs is 1. The molecular formula is C17H19N7. The van der Waals surface area contributed by atoms with E-state index in [0.717, 1.165) is 36.0 Å². The molecule has 4 heterocycles. The molecule has 0 amide bonds. The zero-order chi connectivity index (χ0) is 16.5. The maximum Gasteiger partial charge on any atom is 0.253 e. The Bertz CT molecular complexity index is 906. The fourth-order valence-corrected chi connectivity index (χ4v) is 2.96. The van der Waals surface area contributed by atoms with Crippen LogP contribution in [0.25, 0.3) is 17.9 Å². The number of hydrogen-bond donors (Lipinski definition) is 0. The van der Waals surface area contributed by atoms with Crippen molar-refractivity contribution in [2.45, 2.75) is 26.7 Å². The molecule has 3 aromatic rings. The van der Waals surface area contributed by atoms with E-state index in [1.165, 1.54) is 12.8 Å². The van der Waals surface area contributed by atoms with Crippen LogP contribution in [0.3, 0.4) is 0 Å². The molecule has 0 unspecified atom stereocenters. The molecule has 0 aromatic carbocycles. The Labute approximate surface area is 140 Å². The Morgan fingerprint density at radius 2 is 1.83 bits per heavy atom. The van der Waals surface area contributed by atoms with Crippen LogP contribution >= 0.6 is 0 Å². The van der Waals surface area contributed by atoms with Crippen LogP contribution in [-0.2, 0) is 0 Å². The summed E-state index contributed by atoms with van der Waals surface area (Å²) in [4.78, 5) is 20.1. The SMILES string of the molecule is Cc1cc(C)n2nc(/C=C/c3cncc(N4CCCC4)n3)nc2n1. The highest BCUT2D eigenvalue weighted by atomic mass is 15.3. The number of nitrogens with zero attached hydrogens (tertiary/aromatic N) is 7. The highest BCUT2D eigenvalue weighted by Gasteiger charge is 2.13. The molecule has 24 heavy (non-hydrogen) atoms. The van der Waals surface area contributed by atoms with E-state index in [1.807, 2.05) is 38.3 Å². The quantitative estimate of drug-likeness (QED) is 0.737. The fourth-order valence-electron chi connectivity index (χ4n) is 2.96. The second-order valence-corrected chi connectivity index (χ2v) is 6.05. The van der Waals surface area contributed by atoms with Crippen LogP contribution in [0.15, 0.2) is 18.5 Å². The lowest BCUT2D eigenvalue weighted by atomic mass is 10.4. The predicted octanol–water partition coefficient (Wildman–Crippen LogP) is 2.30. The van der Waals surface area contributed by atoms with Crippen LogP contribution in [0.2, 0.25) is 0 Å². The molecule has 0 atom stereocenters. The van der Waals surface area contributed by atoms with Gasteiger partial charge in [-0.15, -0.1) is 5.10 Å². The van der Waals surface area contributed by atoms with Crippen molar-refractivity contribution >= 4 is 23.7 Å². The number of aromatic nitrogens is 6. The summed E-state index contributed by atoms with van der Waals surface area (Å²) in [5.41, 5.74) is 2.76. The Morgan fingerprint density at radius 1 is 1.00 bits per heavy atom. The Kier molecular flexibility index (Phi) is 3.68. The topological polar surface area (TPSA) is 72.1 Å². The van der Waals surface area contributed by atoms with Crippen molar-refractivity contribution < 1.29 is 0 Å². The molecule has 0 radical (unpaired) electrons. The van der Waals surface area contributed by atoms with E-state index < -0.39 is 0 Å². The molecule has 1 fully saturated rings. The number of anilines is 1. The van der Waals surface area contributed by atoms with Gasteiger partial charge in [0.15, 0.2) is 5.82 Å². The Morgan fingerprint density at radius 3 is 2.67 bits per heavy atom. The largest absolute Gasteiger partial charge is 0.355 e. The first kappa shape index (κ1) is 14.7. The zero-order valence-corrected chi connectivity index (χ0v) is 13.8. The average Bonchev–Trinajstić information content (AvgIpc) is 3.23. The number of rotatable bonds is 3. The lowest BCUT2D eigenvalue weighted by Crippen LogP contribution is -2.19. The second kappa shape index (κ2) is 5.99.